The fourth-order valence-corrected chi connectivity index (χ4v) is 1.92. The zero-order chi connectivity index (χ0) is 13.8. The second kappa shape index (κ2) is 6.26. The standard InChI is InChI=1S/C14H18ClNO3/c1-9(17)10-2-5-13(12(15)8-10)19-7-6-14(18)16-11-3-4-11/h2,5,8-9,11,17H,3-4,6-7H2,1H3,(H,16,18)/t9-/m1/s1. The quantitative estimate of drug-likeness (QED) is 0.843. The number of nitrogens with one attached hydrogen (secondary N) is 1. The fourth-order valence-electron chi connectivity index (χ4n) is 1.68. The summed E-state index contributed by atoms with van der Waals surface area (Å²) in [6, 6.07) is 5.52. The van der Waals surface area contributed by atoms with Crippen LogP contribution in [-0.2, 0) is 4.79 Å². The van der Waals surface area contributed by atoms with E-state index in [4.69, 9.17) is 16.3 Å². The Kier molecular flexibility index (Phi) is 4.66. The van der Waals surface area contributed by atoms with Crippen LogP contribution in [0.5, 0.6) is 5.75 Å². The van der Waals surface area contributed by atoms with Crippen molar-refractivity contribution in [2.45, 2.75) is 38.3 Å². The zero-order valence-electron chi connectivity index (χ0n) is 10.9. The molecule has 19 heavy (non-hydrogen) atoms. The molecule has 1 saturated carbocycles. The molecule has 1 aliphatic carbocycles. The third kappa shape index (κ3) is 4.40. The molecule has 104 valence electrons. The monoisotopic (exact) mass is 283 g/mol. The lowest BCUT2D eigenvalue weighted by Crippen LogP contribution is -2.26. The van der Waals surface area contributed by atoms with Gasteiger partial charge in [-0.2, -0.15) is 0 Å². The van der Waals surface area contributed by atoms with E-state index in [1.54, 1.807) is 25.1 Å². The van der Waals surface area contributed by atoms with E-state index in [1.807, 2.05) is 0 Å². The first-order valence-corrected chi connectivity index (χ1v) is 6.83. The van der Waals surface area contributed by atoms with Crippen molar-refractivity contribution in [3.8, 4) is 5.75 Å². The number of halogens is 1. The Morgan fingerprint density at radius 3 is 2.89 bits per heavy atom. The van der Waals surface area contributed by atoms with Crippen LogP contribution in [0.2, 0.25) is 5.02 Å². The van der Waals surface area contributed by atoms with Gasteiger partial charge in [0.25, 0.3) is 0 Å². The minimum Gasteiger partial charge on any atom is -0.491 e. The molecule has 0 spiro atoms. The van der Waals surface area contributed by atoms with Crippen LogP contribution < -0.4 is 10.1 Å². The minimum absolute atomic E-state index is 0.0132. The number of benzene rings is 1. The van der Waals surface area contributed by atoms with Crippen LogP contribution in [0.15, 0.2) is 18.2 Å². The van der Waals surface area contributed by atoms with E-state index in [0.717, 1.165) is 18.4 Å². The first-order chi connectivity index (χ1) is 9.06. The third-order valence-electron chi connectivity index (χ3n) is 2.97. The van der Waals surface area contributed by atoms with Crippen molar-refractivity contribution in [1.29, 1.82) is 0 Å². The van der Waals surface area contributed by atoms with Crippen molar-refractivity contribution in [3.63, 3.8) is 0 Å². The van der Waals surface area contributed by atoms with Gasteiger partial charge in [0.15, 0.2) is 0 Å². The van der Waals surface area contributed by atoms with Gasteiger partial charge in [-0.3, -0.25) is 4.79 Å². The second-order valence-electron chi connectivity index (χ2n) is 4.81. The van der Waals surface area contributed by atoms with Crippen LogP contribution in [0.1, 0.15) is 37.9 Å². The van der Waals surface area contributed by atoms with Gasteiger partial charge in [0.05, 0.1) is 24.2 Å². The predicted molar refractivity (Wildman–Crippen MR) is 73.4 cm³/mol. The average molecular weight is 284 g/mol. The highest BCUT2D eigenvalue weighted by Crippen LogP contribution is 2.28. The first-order valence-electron chi connectivity index (χ1n) is 6.46. The SMILES string of the molecule is C[C@@H](O)c1ccc(OCCC(=O)NC2CC2)c(Cl)c1. The maximum atomic E-state index is 11.5. The van der Waals surface area contributed by atoms with Gasteiger partial charge < -0.3 is 15.2 Å². The Bertz CT molecular complexity index is 458. The van der Waals surface area contributed by atoms with E-state index >= 15 is 0 Å². The number of carbonyl (C=O) groups excluding carboxylic acids is 1. The molecule has 1 atom stereocenters. The van der Waals surface area contributed by atoms with E-state index in [0.29, 0.717) is 29.8 Å². The maximum absolute atomic E-state index is 11.5. The summed E-state index contributed by atoms with van der Waals surface area (Å²) >= 11 is 6.05. The van der Waals surface area contributed by atoms with Gasteiger partial charge in [-0.25, -0.2) is 0 Å². The Morgan fingerprint density at radius 1 is 1.58 bits per heavy atom. The molecule has 4 nitrogen and oxygen atoms in total. The summed E-state index contributed by atoms with van der Waals surface area (Å²) in [7, 11) is 0. The van der Waals surface area contributed by atoms with E-state index in [1.165, 1.54) is 0 Å². The Labute approximate surface area is 117 Å². The zero-order valence-corrected chi connectivity index (χ0v) is 11.6. The number of ether oxygens (including phenoxy) is 1. The Hall–Kier alpha value is -1.26. The molecular formula is C14H18ClNO3. The molecule has 0 bridgehead atoms. The van der Waals surface area contributed by atoms with E-state index in [-0.39, 0.29) is 5.91 Å². The summed E-state index contributed by atoms with van der Waals surface area (Å²) in [6.07, 6.45) is 1.93. The first kappa shape index (κ1) is 14.2. The molecule has 2 N–H and O–H groups in total. The van der Waals surface area contributed by atoms with Crippen molar-refractivity contribution >= 4 is 17.5 Å². The highest BCUT2D eigenvalue weighted by molar-refractivity contribution is 6.32. The molecule has 1 aromatic rings. The van der Waals surface area contributed by atoms with Crippen molar-refractivity contribution in [3.05, 3.63) is 28.8 Å². The van der Waals surface area contributed by atoms with Crippen LogP contribution >= 0.6 is 11.6 Å². The predicted octanol–water partition coefficient (Wildman–Crippen LogP) is 2.44. The lowest BCUT2D eigenvalue weighted by molar-refractivity contribution is -0.121. The van der Waals surface area contributed by atoms with Gasteiger partial charge in [-0.15, -0.1) is 0 Å². The molecule has 1 fully saturated rings. The molecule has 0 aromatic heterocycles. The number of aliphatic hydroxyl groups is 1. The third-order valence-corrected chi connectivity index (χ3v) is 3.26. The summed E-state index contributed by atoms with van der Waals surface area (Å²) in [5.41, 5.74) is 0.740. The van der Waals surface area contributed by atoms with Gasteiger partial charge in [-0.05, 0) is 37.5 Å². The maximum Gasteiger partial charge on any atom is 0.223 e. The fraction of sp³-hybridized carbons (Fsp3) is 0.500. The number of rotatable bonds is 6. The lowest BCUT2D eigenvalue weighted by atomic mass is 10.1. The van der Waals surface area contributed by atoms with Crippen LogP contribution in [0, 0.1) is 0 Å². The largest absolute Gasteiger partial charge is 0.491 e. The van der Waals surface area contributed by atoms with Gasteiger partial charge >= 0.3 is 0 Å². The van der Waals surface area contributed by atoms with Gasteiger partial charge in [-0.1, -0.05) is 17.7 Å². The molecule has 2 rings (SSSR count). The molecule has 0 unspecified atom stereocenters. The normalized spacial score (nSPS) is 15.9. The number of amides is 1. The van der Waals surface area contributed by atoms with Crippen LogP contribution in [0.3, 0.4) is 0 Å². The number of hydrogen-bond acceptors (Lipinski definition) is 3. The molecule has 1 amide bonds. The van der Waals surface area contributed by atoms with E-state index < -0.39 is 6.10 Å². The van der Waals surface area contributed by atoms with Crippen molar-refractivity contribution in [2.24, 2.45) is 0 Å². The summed E-state index contributed by atoms with van der Waals surface area (Å²) in [6.45, 7) is 1.97. The highest BCUT2D eigenvalue weighted by atomic mass is 35.5. The minimum atomic E-state index is -0.559. The topological polar surface area (TPSA) is 58.6 Å². The molecule has 1 aliphatic rings. The summed E-state index contributed by atoms with van der Waals surface area (Å²) in [5, 5.41) is 12.8. The molecule has 0 saturated heterocycles. The smallest absolute Gasteiger partial charge is 0.223 e. The van der Waals surface area contributed by atoms with Crippen molar-refractivity contribution < 1.29 is 14.6 Å². The van der Waals surface area contributed by atoms with Gasteiger partial charge in [0.1, 0.15) is 5.75 Å². The van der Waals surface area contributed by atoms with Crippen molar-refractivity contribution in [2.75, 3.05) is 6.61 Å². The molecular weight excluding hydrogens is 266 g/mol. The van der Waals surface area contributed by atoms with E-state index in [2.05, 4.69) is 5.32 Å². The van der Waals surface area contributed by atoms with Gasteiger partial charge in [0, 0.05) is 6.04 Å². The summed E-state index contributed by atoms with van der Waals surface area (Å²) in [5.74, 6) is 0.546. The van der Waals surface area contributed by atoms with Crippen molar-refractivity contribution in [1.82, 2.24) is 5.32 Å². The van der Waals surface area contributed by atoms with E-state index in [9.17, 15) is 9.90 Å². The van der Waals surface area contributed by atoms with Crippen LogP contribution in [-0.4, -0.2) is 23.7 Å². The summed E-state index contributed by atoms with van der Waals surface area (Å²) < 4.78 is 5.47. The molecule has 1 aromatic carbocycles. The number of hydrogen-bond donors (Lipinski definition) is 2. The van der Waals surface area contributed by atoms with Gasteiger partial charge in [0.2, 0.25) is 5.91 Å². The summed E-state index contributed by atoms with van der Waals surface area (Å²) in [4.78, 5) is 11.5. The molecule has 0 aliphatic heterocycles. The molecule has 5 heteroatoms. The second-order valence-corrected chi connectivity index (χ2v) is 5.21. The lowest BCUT2D eigenvalue weighted by Gasteiger charge is -2.10. The Balaban J connectivity index is 1.80. The number of carbonyl (C=O) groups is 1. The van der Waals surface area contributed by atoms with Crippen LogP contribution in [0.25, 0.3) is 0 Å². The Morgan fingerprint density at radius 2 is 2.32 bits per heavy atom. The highest BCUT2D eigenvalue weighted by Gasteiger charge is 2.22. The number of aliphatic hydroxyl groups excluding tert-OH is 1. The molecule has 0 radical (unpaired) electrons. The average Bonchev–Trinajstić information content (AvgIpc) is 3.14. The molecule has 0 heterocycles. The van der Waals surface area contributed by atoms with Crippen LogP contribution in [0.4, 0.5) is 0 Å².